The summed E-state index contributed by atoms with van der Waals surface area (Å²) in [4.78, 5) is 25.3. The molecule has 3 aromatic carbocycles. The van der Waals surface area contributed by atoms with Gasteiger partial charge in [-0.2, -0.15) is 0 Å². The van der Waals surface area contributed by atoms with E-state index >= 15 is 0 Å². The highest BCUT2D eigenvalue weighted by Crippen LogP contribution is 2.24. The van der Waals surface area contributed by atoms with Crippen molar-refractivity contribution in [3.63, 3.8) is 0 Å². The van der Waals surface area contributed by atoms with Gasteiger partial charge in [0, 0.05) is 25.7 Å². The van der Waals surface area contributed by atoms with Gasteiger partial charge in [0.2, 0.25) is 5.91 Å². The zero-order valence-corrected chi connectivity index (χ0v) is 18.7. The molecule has 2 N–H and O–H groups in total. The number of benzene rings is 3. The molecule has 1 saturated heterocycles. The third kappa shape index (κ3) is 5.46. The highest BCUT2D eigenvalue weighted by atomic mass is 35.5. The summed E-state index contributed by atoms with van der Waals surface area (Å²) in [6.45, 7) is 3.62. The number of hydrogen-bond acceptors (Lipinski definition) is 4. The molecule has 0 saturated carbocycles. The first kappa shape index (κ1) is 23.7. The minimum absolute atomic E-state index is 0. The molecule has 1 amide bonds. The molecule has 0 aliphatic carbocycles. The van der Waals surface area contributed by atoms with Gasteiger partial charge in [0.15, 0.2) is 0 Å². The van der Waals surface area contributed by atoms with Gasteiger partial charge < -0.3 is 20.1 Å². The van der Waals surface area contributed by atoms with E-state index in [1.54, 1.807) is 23.1 Å². The van der Waals surface area contributed by atoms with Crippen LogP contribution in [0.1, 0.15) is 34.5 Å². The molecule has 1 aliphatic rings. The van der Waals surface area contributed by atoms with Crippen molar-refractivity contribution in [2.45, 2.75) is 25.6 Å². The summed E-state index contributed by atoms with van der Waals surface area (Å²) >= 11 is 0. The van der Waals surface area contributed by atoms with Crippen LogP contribution in [-0.4, -0.2) is 47.7 Å². The maximum atomic E-state index is 12.3. The van der Waals surface area contributed by atoms with Crippen molar-refractivity contribution >= 4 is 35.1 Å². The lowest BCUT2D eigenvalue weighted by atomic mass is 9.99. The molecule has 0 spiro atoms. The lowest BCUT2D eigenvalue weighted by molar-refractivity contribution is -0.149. The molecule has 1 heterocycles. The Morgan fingerprint density at radius 3 is 2.72 bits per heavy atom. The first-order valence-corrected chi connectivity index (χ1v) is 10.4. The number of halogens is 1. The quantitative estimate of drug-likeness (QED) is 0.563. The van der Waals surface area contributed by atoms with Crippen LogP contribution < -0.4 is 5.32 Å². The molecule has 0 aromatic heterocycles. The third-order valence-corrected chi connectivity index (χ3v) is 5.71. The molecule has 168 valence electrons. The van der Waals surface area contributed by atoms with E-state index in [2.05, 4.69) is 42.6 Å². The van der Waals surface area contributed by atoms with Crippen molar-refractivity contribution in [3.8, 4) is 0 Å². The number of rotatable bonds is 7. The van der Waals surface area contributed by atoms with E-state index in [-0.39, 0.29) is 42.6 Å². The molecule has 4 rings (SSSR count). The number of carboxylic acids is 1. The summed E-state index contributed by atoms with van der Waals surface area (Å²) in [5, 5.41) is 15.2. The summed E-state index contributed by atoms with van der Waals surface area (Å²) in [7, 11) is 0. The zero-order chi connectivity index (χ0) is 21.8. The van der Waals surface area contributed by atoms with Crippen molar-refractivity contribution in [1.29, 1.82) is 0 Å². The van der Waals surface area contributed by atoms with E-state index in [0.29, 0.717) is 19.6 Å². The largest absolute Gasteiger partial charge is 0.478 e. The van der Waals surface area contributed by atoms with E-state index in [0.717, 1.165) is 5.56 Å². The van der Waals surface area contributed by atoms with Crippen LogP contribution >= 0.6 is 12.4 Å². The van der Waals surface area contributed by atoms with Crippen LogP contribution in [0, 0.1) is 0 Å². The minimum atomic E-state index is -0.973. The summed E-state index contributed by atoms with van der Waals surface area (Å²) in [6.07, 6.45) is -0.127. The summed E-state index contributed by atoms with van der Waals surface area (Å²) in [5.74, 6) is -1.06. The van der Waals surface area contributed by atoms with E-state index in [1.807, 2.05) is 18.2 Å². The molecule has 0 radical (unpaired) electrons. The van der Waals surface area contributed by atoms with E-state index < -0.39 is 5.97 Å². The molecule has 32 heavy (non-hydrogen) atoms. The van der Waals surface area contributed by atoms with Crippen molar-refractivity contribution in [1.82, 2.24) is 10.2 Å². The van der Waals surface area contributed by atoms with Crippen molar-refractivity contribution in [2.75, 3.05) is 19.7 Å². The van der Waals surface area contributed by atoms with E-state index in [4.69, 9.17) is 4.74 Å². The predicted octanol–water partition coefficient (Wildman–Crippen LogP) is 4.04. The van der Waals surface area contributed by atoms with Crippen molar-refractivity contribution in [3.05, 3.63) is 83.4 Å². The van der Waals surface area contributed by atoms with Crippen LogP contribution in [0.2, 0.25) is 0 Å². The van der Waals surface area contributed by atoms with Gasteiger partial charge in [-0.3, -0.25) is 4.79 Å². The highest BCUT2D eigenvalue weighted by molar-refractivity contribution is 5.88. The topological polar surface area (TPSA) is 78.9 Å². The van der Waals surface area contributed by atoms with Crippen molar-refractivity contribution in [2.24, 2.45) is 0 Å². The number of ether oxygens (including phenoxy) is 1. The number of fused-ring (bicyclic) bond motifs is 1. The Hall–Kier alpha value is -2.93. The average molecular weight is 455 g/mol. The number of carbonyl (C=O) groups is 2. The standard InChI is InChI=1S/C25H26N2O4.ClH/c1-17(22-11-5-8-19-7-2-3-10-23(19)22)26-13-21-15-27(24(28)16-31-21)14-18-6-4-9-20(12-18)25(29)30;/h2-12,17,21,26H,13-16H2,1H3,(H,29,30);1H/t17-,21?;/m1./s1. The third-order valence-electron chi connectivity index (χ3n) is 5.71. The fourth-order valence-electron chi connectivity index (χ4n) is 4.03. The number of amides is 1. The van der Waals surface area contributed by atoms with Gasteiger partial charge in [0.05, 0.1) is 11.7 Å². The number of carboxylic acid groups (broad SMARTS) is 1. The SMILES string of the molecule is C[C@@H](NCC1CN(Cc2cccc(C(=O)O)c2)C(=O)CO1)c1cccc2ccccc12.Cl. The summed E-state index contributed by atoms with van der Waals surface area (Å²) < 4.78 is 5.75. The first-order valence-electron chi connectivity index (χ1n) is 10.4. The fourth-order valence-corrected chi connectivity index (χ4v) is 4.03. The Balaban J connectivity index is 0.00000289. The zero-order valence-electron chi connectivity index (χ0n) is 17.9. The van der Waals surface area contributed by atoms with E-state index in [1.165, 1.54) is 16.3 Å². The lowest BCUT2D eigenvalue weighted by Gasteiger charge is -2.33. The van der Waals surface area contributed by atoms with Gasteiger partial charge in [0.25, 0.3) is 0 Å². The number of nitrogens with zero attached hydrogens (tertiary/aromatic N) is 1. The average Bonchev–Trinajstić information content (AvgIpc) is 2.79. The molecule has 1 aliphatic heterocycles. The van der Waals surface area contributed by atoms with Crippen LogP contribution in [-0.2, 0) is 16.1 Å². The molecular formula is C25H27ClN2O4. The summed E-state index contributed by atoms with van der Waals surface area (Å²) in [6, 6.07) is 21.5. The number of nitrogens with one attached hydrogen (secondary N) is 1. The smallest absolute Gasteiger partial charge is 0.335 e. The second-order valence-electron chi connectivity index (χ2n) is 7.91. The van der Waals surface area contributed by atoms with Gasteiger partial charge in [-0.1, -0.05) is 54.6 Å². The lowest BCUT2D eigenvalue weighted by Crippen LogP contribution is -2.49. The fraction of sp³-hybridized carbons (Fsp3) is 0.280. The first-order chi connectivity index (χ1) is 15.0. The number of morpholine rings is 1. The predicted molar refractivity (Wildman–Crippen MR) is 126 cm³/mol. The Morgan fingerprint density at radius 2 is 1.91 bits per heavy atom. The minimum Gasteiger partial charge on any atom is -0.478 e. The van der Waals surface area contributed by atoms with Gasteiger partial charge >= 0.3 is 5.97 Å². The number of hydrogen-bond donors (Lipinski definition) is 2. The van der Waals surface area contributed by atoms with E-state index in [9.17, 15) is 14.7 Å². The molecule has 2 atom stereocenters. The van der Waals surface area contributed by atoms with Crippen LogP contribution in [0.3, 0.4) is 0 Å². The monoisotopic (exact) mass is 454 g/mol. The molecule has 0 bridgehead atoms. The van der Waals surface area contributed by atoms with Crippen LogP contribution in [0.5, 0.6) is 0 Å². The summed E-state index contributed by atoms with van der Waals surface area (Å²) in [5.41, 5.74) is 2.25. The Labute approximate surface area is 193 Å². The van der Waals surface area contributed by atoms with Crippen molar-refractivity contribution < 1.29 is 19.4 Å². The maximum Gasteiger partial charge on any atom is 0.335 e. The van der Waals surface area contributed by atoms with Gasteiger partial charge in [-0.05, 0) is 41.0 Å². The molecular weight excluding hydrogens is 428 g/mol. The highest BCUT2D eigenvalue weighted by Gasteiger charge is 2.27. The number of aromatic carboxylic acids is 1. The molecule has 7 heteroatoms. The molecule has 3 aromatic rings. The van der Waals surface area contributed by atoms with Crippen LogP contribution in [0.25, 0.3) is 10.8 Å². The van der Waals surface area contributed by atoms with Gasteiger partial charge in [-0.25, -0.2) is 4.79 Å². The Bertz CT molecular complexity index is 1100. The van der Waals surface area contributed by atoms with Gasteiger partial charge in [0.1, 0.15) is 6.61 Å². The number of carbonyl (C=O) groups excluding carboxylic acids is 1. The van der Waals surface area contributed by atoms with Crippen LogP contribution in [0.4, 0.5) is 0 Å². The van der Waals surface area contributed by atoms with Crippen LogP contribution in [0.15, 0.2) is 66.7 Å². The molecule has 1 fully saturated rings. The second kappa shape index (κ2) is 10.6. The Morgan fingerprint density at radius 1 is 1.16 bits per heavy atom. The maximum absolute atomic E-state index is 12.3. The normalized spacial score (nSPS) is 17.1. The van der Waals surface area contributed by atoms with Gasteiger partial charge in [-0.15, -0.1) is 12.4 Å². The Kier molecular flexibility index (Phi) is 7.85. The second-order valence-corrected chi connectivity index (χ2v) is 7.91. The molecule has 6 nitrogen and oxygen atoms in total. The molecule has 1 unspecified atom stereocenters.